The zero-order chi connectivity index (χ0) is 15.3. The molecule has 0 unspecified atom stereocenters. The van der Waals surface area contributed by atoms with Crippen LogP contribution in [-0.2, 0) is 11.2 Å². The maximum atomic E-state index is 13.8. The minimum atomic E-state index is -0.749. The van der Waals surface area contributed by atoms with Gasteiger partial charge in [-0.3, -0.25) is 4.79 Å². The number of rotatable bonds is 4. The molecule has 0 heterocycles. The molecule has 0 amide bonds. The summed E-state index contributed by atoms with van der Waals surface area (Å²) in [6.45, 7) is 0. The minimum Gasteiger partial charge on any atom is -0.494 e. The first kappa shape index (κ1) is 15.8. The molecule has 0 saturated heterocycles. The van der Waals surface area contributed by atoms with E-state index in [-0.39, 0.29) is 5.75 Å². The molecule has 0 aliphatic heterocycles. The van der Waals surface area contributed by atoms with Crippen LogP contribution in [-0.4, -0.2) is 18.2 Å². The SMILES string of the molecule is COc1ccc(CC2(C(=O)O)CCCCCCC2)cc1F. The summed E-state index contributed by atoms with van der Waals surface area (Å²) in [7, 11) is 1.42. The summed E-state index contributed by atoms with van der Waals surface area (Å²) >= 11 is 0. The van der Waals surface area contributed by atoms with E-state index >= 15 is 0 Å². The third kappa shape index (κ3) is 3.74. The van der Waals surface area contributed by atoms with Crippen LogP contribution < -0.4 is 4.74 Å². The van der Waals surface area contributed by atoms with Gasteiger partial charge in [0.25, 0.3) is 0 Å². The molecule has 0 radical (unpaired) electrons. The first-order valence-corrected chi connectivity index (χ1v) is 7.63. The van der Waals surface area contributed by atoms with Gasteiger partial charge in [-0.2, -0.15) is 0 Å². The lowest BCUT2D eigenvalue weighted by molar-refractivity contribution is -0.150. The lowest BCUT2D eigenvalue weighted by Gasteiger charge is -2.31. The summed E-state index contributed by atoms with van der Waals surface area (Å²) in [6, 6.07) is 4.75. The predicted molar refractivity (Wildman–Crippen MR) is 79.0 cm³/mol. The van der Waals surface area contributed by atoms with E-state index in [2.05, 4.69) is 0 Å². The predicted octanol–water partition coefficient (Wildman–Crippen LogP) is 4.19. The van der Waals surface area contributed by atoms with Crippen molar-refractivity contribution in [3.63, 3.8) is 0 Å². The minimum absolute atomic E-state index is 0.195. The number of methoxy groups -OCH3 is 1. The average Bonchev–Trinajstić information content (AvgIpc) is 2.42. The van der Waals surface area contributed by atoms with Crippen LogP contribution in [0, 0.1) is 11.2 Å². The van der Waals surface area contributed by atoms with Crippen LogP contribution in [0.1, 0.15) is 50.5 Å². The van der Waals surface area contributed by atoms with Gasteiger partial charge < -0.3 is 9.84 Å². The van der Waals surface area contributed by atoms with Crippen LogP contribution in [0.4, 0.5) is 4.39 Å². The van der Waals surface area contributed by atoms with E-state index in [1.54, 1.807) is 12.1 Å². The number of benzene rings is 1. The number of hydrogen-bond donors (Lipinski definition) is 1. The Balaban J connectivity index is 2.22. The topological polar surface area (TPSA) is 46.5 Å². The second-order valence-corrected chi connectivity index (χ2v) is 6.00. The summed E-state index contributed by atoms with van der Waals surface area (Å²) in [4.78, 5) is 11.8. The first-order chi connectivity index (χ1) is 10.1. The summed E-state index contributed by atoms with van der Waals surface area (Å²) in [6.07, 6.45) is 6.98. The molecular formula is C17H23FO3. The molecule has 0 aromatic heterocycles. The highest BCUT2D eigenvalue weighted by atomic mass is 19.1. The van der Waals surface area contributed by atoms with Gasteiger partial charge in [-0.25, -0.2) is 4.39 Å². The van der Waals surface area contributed by atoms with E-state index in [1.807, 2.05) is 0 Å². The van der Waals surface area contributed by atoms with E-state index in [1.165, 1.54) is 19.6 Å². The Morgan fingerprint density at radius 3 is 2.38 bits per heavy atom. The fourth-order valence-electron chi connectivity index (χ4n) is 3.26. The lowest BCUT2D eigenvalue weighted by Crippen LogP contribution is -2.34. The number of carbonyl (C=O) groups is 1. The highest BCUT2D eigenvalue weighted by molar-refractivity contribution is 5.75. The molecule has 4 heteroatoms. The van der Waals surface area contributed by atoms with Crippen LogP contribution in [0.15, 0.2) is 18.2 Å². The van der Waals surface area contributed by atoms with E-state index in [4.69, 9.17) is 4.74 Å². The maximum Gasteiger partial charge on any atom is 0.309 e. The molecule has 1 aromatic rings. The monoisotopic (exact) mass is 294 g/mol. The summed E-state index contributed by atoms with van der Waals surface area (Å²) < 4.78 is 18.7. The summed E-state index contributed by atoms with van der Waals surface area (Å²) in [5, 5.41) is 9.72. The quantitative estimate of drug-likeness (QED) is 0.905. The molecule has 0 bridgehead atoms. The molecule has 1 aromatic carbocycles. The molecule has 1 fully saturated rings. The van der Waals surface area contributed by atoms with Crippen LogP contribution in [0.25, 0.3) is 0 Å². The van der Waals surface area contributed by atoms with Crippen molar-refractivity contribution in [1.29, 1.82) is 0 Å². The molecule has 1 aliphatic rings. The second-order valence-electron chi connectivity index (χ2n) is 6.00. The van der Waals surface area contributed by atoms with Crippen molar-refractivity contribution in [2.75, 3.05) is 7.11 Å². The molecule has 1 aliphatic carbocycles. The van der Waals surface area contributed by atoms with Crippen molar-refractivity contribution in [3.8, 4) is 5.75 Å². The molecule has 3 nitrogen and oxygen atoms in total. The third-order valence-corrected chi connectivity index (χ3v) is 4.52. The standard InChI is InChI=1S/C17H23FO3/c1-21-15-8-7-13(11-14(15)18)12-17(16(19)20)9-5-3-2-4-6-10-17/h7-8,11H,2-6,9-10,12H2,1H3,(H,19,20). The van der Waals surface area contributed by atoms with Crippen molar-refractivity contribution >= 4 is 5.97 Å². The normalized spacial score (nSPS) is 18.6. The number of hydrogen-bond acceptors (Lipinski definition) is 2. The molecule has 1 saturated carbocycles. The van der Waals surface area contributed by atoms with E-state index < -0.39 is 17.2 Å². The van der Waals surface area contributed by atoms with Gasteiger partial charge >= 0.3 is 5.97 Å². The molecule has 116 valence electrons. The van der Waals surface area contributed by atoms with E-state index in [0.29, 0.717) is 19.3 Å². The zero-order valence-corrected chi connectivity index (χ0v) is 12.5. The van der Waals surface area contributed by atoms with Gasteiger partial charge in [0.05, 0.1) is 12.5 Å². The number of ether oxygens (including phenoxy) is 1. The number of halogens is 1. The lowest BCUT2D eigenvalue weighted by atomic mass is 9.72. The summed E-state index contributed by atoms with van der Waals surface area (Å²) in [5.41, 5.74) is -0.0159. The Morgan fingerprint density at radius 1 is 1.24 bits per heavy atom. The van der Waals surface area contributed by atoms with Gasteiger partial charge in [0, 0.05) is 0 Å². The molecular weight excluding hydrogens is 271 g/mol. The Hall–Kier alpha value is -1.58. The second kappa shape index (κ2) is 6.92. The largest absolute Gasteiger partial charge is 0.494 e. The van der Waals surface area contributed by atoms with E-state index in [9.17, 15) is 14.3 Å². The van der Waals surface area contributed by atoms with Crippen molar-refractivity contribution in [2.45, 2.75) is 51.4 Å². The van der Waals surface area contributed by atoms with Gasteiger partial charge in [0.2, 0.25) is 0 Å². The number of aliphatic carboxylic acids is 1. The molecule has 21 heavy (non-hydrogen) atoms. The van der Waals surface area contributed by atoms with Crippen LogP contribution in [0.5, 0.6) is 5.75 Å². The van der Waals surface area contributed by atoms with Crippen LogP contribution in [0.2, 0.25) is 0 Å². The Bertz CT molecular complexity index is 491. The molecule has 0 spiro atoms. The highest BCUT2D eigenvalue weighted by Crippen LogP contribution is 2.38. The van der Waals surface area contributed by atoms with Gasteiger partial charge in [-0.05, 0) is 37.0 Å². The fourth-order valence-corrected chi connectivity index (χ4v) is 3.26. The number of carboxylic acids is 1. The van der Waals surface area contributed by atoms with Gasteiger partial charge in [-0.15, -0.1) is 0 Å². The average molecular weight is 294 g/mol. The zero-order valence-electron chi connectivity index (χ0n) is 12.5. The van der Waals surface area contributed by atoms with Crippen LogP contribution >= 0.6 is 0 Å². The number of carboxylic acid groups (broad SMARTS) is 1. The van der Waals surface area contributed by atoms with Crippen molar-refractivity contribution in [3.05, 3.63) is 29.6 Å². The Morgan fingerprint density at radius 2 is 1.86 bits per heavy atom. The Kier molecular flexibility index (Phi) is 5.21. The van der Waals surface area contributed by atoms with Crippen molar-refractivity contribution < 1.29 is 19.0 Å². The maximum absolute atomic E-state index is 13.8. The van der Waals surface area contributed by atoms with Gasteiger partial charge in [0.1, 0.15) is 0 Å². The molecule has 0 atom stereocenters. The first-order valence-electron chi connectivity index (χ1n) is 7.63. The molecule has 2 rings (SSSR count). The van der Waals surface area contributed by atoms with Crippen molar-refractivity contribution in [2.24, 2.45) is 5.41 Å². The van der Waals surface area contributed by atoms with Gasteiger partial charge in [0.15, 0.2) is 11.6 Å². The van der Waals surface area contributed by atoms with Gasteiger partial charge in [-0.1, -0.05) is 38.2 Å². The summed E-state index contributed by atoms with van der Waals surface area (Å²) in [5.74, 6) is -0.984. The van der Waals surface area contributed by atoms with E-state index in [0.717, 1.165) is 31.2 Å². The highest BCUT2D eigenvalue weighted by Gasteiger charge is 2.38. The third-order valence-electron chi connectivity index (χ3n) is 4.52. The smallest absolute Gasteiger partial charge is 0.309 e. The fraction of sp³-hybridized carbons (Fsp3) is 0.588. The van der Waals surface area contributed by atoms with Crippen LogP contribution in [0.3, 0.4) is 0 Å². The van der Waals surface area contributed by atoms with Crippen molar-refractivity contribution in [1.82, 2.24) is 0 Å². The molecule has 1 N–H and O–H groups in total. The Labute approximate surface area is 125 Å².